The molecule has 13 heteroatoms. The number of hydrogen-bond donors (Lipinski definition) is 0. The van der Waals surface area contributed by atoms with Crippen molar-refractivity contribution >= 4 is 11.6 Å². The standard InChI is InChI=1S/C21H11ClF6N4O2/c22-14-7-13(21(26,27)28)10-32(19(14)33)15-8-12(20(23,24)25)9-29-17(15)18-30-16(34-31-18)6-11-4-2-1-3-5-11/h1-5,7-10H,6H2. The fraction of sp³-hybridized carbons (Fsp3) is 0.143. The van der Waals surface area contributed by atoms with Gasteiger partial charge in [-0.15, -0.1) is 0 Å². The van der Waals surface area contributed by atoms with Crippen molar-refractivity contribution in [1.82, 2.24) is 19.7 Å². The fourth-order valence-electron chi connectivity index (χ4n) is 3.04. The maximum absolute atomic E-state index is 13.3. The van der Waals surface area contributed by atoms with Crippen LogP contribution in [0, 0.1) is 0 Å². The van der Waals surface area contributed by atoms with Gasteiger partial charge >= 0.3 is 12.4 Å². The van der Waals surface area contributed by atoms with Gasteiger partial charge in [-0.05, 0) is 17.7 Å². The van der Waals surface area contributed by atoms with Crippen LogP contribution in [0.5, 0.6) is 0 Å². The van der Waals surface area contributed by atoms with Crippen LogP contribution in [-0.4, -0.2) is 19.7 Å². The number of hydrogen-bond acceptors (Lipinski definition) is 5. The molecule has 3 heterocycles. The molecule has 0 aliphatic rings. The molecule has 34 heavy (non-hydrogen) atoms. The largest absolute Gasteiger partial charge is 0.417 e. The van der Waals surface area contributed by atoms with Crippen LogP contribution < -0.4 is 5.56 Å². The summed E-state index contributed by atoms with van der Waals surface area (Å²) >= 11 is 5.67. The van der Waals surface area contributed by atoms with E-state index >= 15 is 0 Å². The van der Waals surface area contributed by atoms with Crippen molar-refractivity contribution in [3.05, 3.63) is 92.8 Å². The molecule has 0 bridgehead atoms. The summed E-state index contributed by atoms with van der Waals surface area (Å²) in [5.74, 6) is -0.252. The number of aromatic nitrogens is 4. The smallest absolute Gasteiger partial charge is 0.339 e. The van der Waals surface area contributed by atoms with Gasteiger partial charge in [0.1, 0.15) is 10.7 Å². The predicted molar refractivity (Wildman–Crippen MR) is 107 cm³/mol. The lowest BCUT2D eigenvalue weighted by Gasteiger charge is -2.15. The number of rotatable bonds is 4. The molecule has 0 fully saturated rings. The van der Waals surface area contributed by atoms with Crippen molar-refractivity contribution in [2.75, 3.05) is 0 Å². The SMILES string of the molecule is O=c1c(Cl)cc(C(F)(F)F)cn1-c1cc(C(F)(F)F)cnc1-c1noc(Cc2ccccc2)n1. The van der Waals surface area contributed by atoms with Gasteiger partial charge in [-0.3, -0.25) is 9.36 Å². The Bertz CT molecular complexity index is 1400. The minimum absolute atomic E-state index is 0.0725. The first kappa shape index (κ1) is 23.5. The minimum atomic E-state index is -4.93. The number of halogens is 7. The van der Waals surface area contributed by atoms with Gasteiger partial charge in [-0.25, -0.2) is 4.98 Å². The zero-order valence-electron chi connectivity index (χ0n) is 16.7. The summed E-state index contributed by atoms with van der Waals surface area (Å²) in [5.41, 5.74) is -4.12. The summed E-state index contributed by atoms with van der Waals surface area (Å²) in [6, 6.07) is 9.73. The van der Waals surface area contributed by atoms with E-state index < -0.39 is 45.4 Å². The van der Waals surface area contributed by atoms with E-state index in [4.69, 9.17) is 16.1 Å². The molecule has 1 aromatic carbocycles. The summed E-state index contributed by atoms with van der Waals surface area (Å²) in [5, 5.41) is 2.83. The Kier molecular flexibility index (Phi) is 5.94. The van der Waals surface area contributed by atoms with Gasteiger partial charge in [0.25, 0.3) is 5.56 Å². The van der Waals surface area contributed by atoms with Gasteiger partial charge in [-0.2, -0.15) is 31.3 Å². The third-order valence-electron chi connectivity index (χ3n) is 4.63. The van der Waals surface area contributed by atoms with Gasteiger partial charge in [-0.1, -0.05) is 47.1 Å². The van der Waals surface area contributed by atoms with Gasteiger partial charge in [0.15, 0.2) is 0 Å². The lowest BCUT2D eigenvalue weighted by atomic mass is 10.1. The van der Waals surface area contributed by atoms with Crippen molar-refractivity contribution in [2.24, 2.45) is 0 Å². The van der Waals surface area contributed by atoms with Crippen LogP contribution in [0.3, 0.4) is 0 Å². The first-order chi connectivity index (χ1) is 15.9. The average molecular weight is 501 g/mol. The molecule has 0 aliphatic heterocycles. The highest BCUT2D eigenvalue weighted by Gasteiger charge is 2.35. The van der Waals surface area contributed by atoms with Crippen LogP contribution in [-0.2, 0) is 18.8 Å². The van der Waals surface area contributed by atoms with E-state index in [-0.39, 0.29) is 18.1 Å². The molecule has 0 aliphatic carbocycles. The molecule has 0 saturated heterocycles. The Morgan fingerprint density at radius 2 is 1.65 bits per heavy atom. The van der Waals surface area contributed by atoms with E-state index in [1.807, 2.05) is 0 Å². The first-order valence-electron chi connectivity index (χ1n) is 9.37. The van der Waals surface area contributed by atoms with Crippen LogP contribution >= 0.6 is 11.6 Å². The molecular weight excluding hydrogens is 490 g/mol. The van der Waals surface area contributed by atoms with E-state index in [9.17, 15) is 31.1 Å². The monoisotopic (exact) mass is 500 g/mol. The summed E-state index contributed by atoms with van der Waals surface area (Å²) < 4.78 is 85.3. The van der Waals surface area contributed by atoms with Crippen LogP contribution in [0.2, 0.25) is 5.02 Å². The zero-order chi connectivity index (χ0) is 24.7. The molecule has 0 unspecified atom stereocenters. The van der Waals surface area contributed by atoms with Crippen molar-refractivity contribution in [3.8, 4) is 17.2 Å². The highest BCUT2D eigenvalue weighted by molar-refractivity contribution is 6.30. The molecular formula is C21H11ClF6N4O2. The van der Waals surface area contributed by atoms with Crippen LogP contribution in [0.4, 0.5) is 26.3 Å². The minimum Gasteiger partial charge on any atom is -0.339 e. The summed E-state index contributed by atoms with van der Waals surface area (Å²) in [6.45, 7) is 0. The molecule has 0 atom stereocenters. The zero-order valence-corrected chi connectivity index (χ0v) is 17.4. The molecule has 176 valence electrons. The lowest BCUT2D eigenvalue weighted by molar-refractivity contribution is -0.138. The molecule has 4 rings (SSSR count). The van der Waals surface area contributed by atoms with Gasteiger partial charge in [0.2, 0.25) is 11.7 Å². The number of alkyl halides is 6. The molecule has 0 radical (unpaired) electrons. The van der Waals surface area contributed by atoms with Gasteiger partial charge in [0.05, 0.1) is 23.2 Å². The van der Waals surface area contributed by atoms with E-state index in [2.05, 4.69) is 15.1 Å². The number of pyridine rings is 2. The highest BCUT2D eigenvalue weighted by Crippen LogP contribution is 2.34. The molecule has 4 aromatic rings. The molecule has 6 nitrogen and oxygen atoms in total. The Balaban J connectivity index is 1.89. The second kappa shape index (κ2) is 8.60. The van der Waals surface area contributed by atoms with Crippen LogP contribution in [0.1, 0.15) is 22.6 Å². The molecule has 0 amide bonds. The van der Waals surface area contributed by atoms with E-state index in [0.717, 1.165) is 5.56 Å². The summed E-state index contributed by atoms with van der Waals surface area (Å²) in [7, 11) is 0. The summed E-state index contributed by atoms with van der Waals surface area (Å²) in [4.78, 5) is 20.3. The predicted octanol–water partition coefficient (Wildman–Crippen LogP) is 5.56. The Morgan fingerprint density at radius 3 is 2.29 bits per heavy atom. The van der Waals surface area contributed by atoms with Gasteiger partial charge in [0, 0.05) is 12.4 Å². The quantitative estimate of drug-likeness (QED) is 0.343. The van der Waals surface area contributed by atoms with Crippen molar-refractivity contribution in [1.29, 1.82) is 0 Å². The normalized spacial score (nSPS) is 12.2. The third-order valence-corrected chi connectivity index (χ3v) is 4.90. The molecule has 0 N–H and O–H groups in total. The summed E-state index contributed by atoms with van der Waals surface area (Å²) in [6.07, 6.45) is -8.86. The maximum atomic E-state index is 13.3. The van der Waals surface area contributed by atoms with Crippen molar-refractivity contribution in [3.63, 3.8) is 0 Å². The van der Waals surface area contributed by atoms with Crippen molar-refractivity contribution < 1.29 is 30.9 Å². The van der Waals surface area contributed by atoms with Crippen LogP contribution in [0.25, 0.3) is 17.2 Å². The second-order valence-electron chi connectivity index (χ2n) is 7.01. The first-order valence-corrected chi connectivity index (χ1v) is 9.75. The van der Waals surface area contributed by atoms with E-state index in [0.29, 0.717) is 29.1 Å². The molecule has 0 saturated carbocycles. The van der Waals surface area contributed by atoms with Gasteiger partial charge < -0.3 is 4.52 Å². The van der Waals surface area contributed by atoms with E-state index in [1.165, 1.54) is 0 Å². The Hall–Kier alpha value is -3.67. The van der Waals surface area contributed by atoms with Crippen LogP contribution in [0.15, 0.2) is 64.2 Å². The number of benzene rings is 1. The highest BCUT2D eigenvalue weighted by atomic mass is 35.5. The topological polar surface area (TPSA) is 73.8 Å². The lowest BCUT2D eigenvalue weighted by Crippen LogP contribution is -2.23. The molecule has 3 aromatic heterocycles. The Labute approximate surface area is 191 Å². The third kappa shape index (κ3) is 4.81. The maximum Gasteiger partial charge on any atom is 0.417 e. The van der Waals surface area contributed by atoms with Crippen molar-refractivity contribution in [2.45, 2.75) is 18.8 Å². The average Bonchev–Trinajstić information content (AvgIpc) is 3.22. The van der Waals surface area contributed by atoms with E-state index in [1.54, 1.807) is 30.3 Å². The number of nitrogens with zero attached hydrogens (tertiary/aromatic N) is 4. The Morgan fingerprint density at radius 1 is 0.971 bits per heavy atom. The fourth-order valence-corrected chi connectivity index (χ4v) is 3.25. The molecule has 0 spiro atoms. The second-order valence-corrected chi connectivity index (χ2v) is 7.42.